The fourth-order valence-electron chi connectivity index (χ4n) is 2.44. The molecule has 0 aliphatic heterocycles. The van der Waals surface area contributed by atoms with E-state index in [1.807, 2.05) is 24.3 Å². The van der Waals surface area contributed by atoms with Gasteiger partial charge in [0.15, 0.2) is 5.16 Å². The smallest absolute Gasteiger partial charge is 0.341 e. The molecule has 0 N–H and O–H groups in total. The van der Waals surface area contributed by atoms with Gasteiger partial charge in [-0.3, -0.25) is 0 Å². The summed E-state index contributed by atoms with van der Waals surface area (Å²) in [6, 6.07) is 9.59. The van der Waals surface area contributed by atoms with Crippen LogP contribution in [0.2, 0.25) is 0 Å². The highest BCUT2D eigenvalue weighted by atomic mass is 32.2. The van der Waals surface area contributed by atoms with Crippen LogP contribution in [0.5, 0.6) is 0 Å². The first kappa shape index (κ1) is 16.6. The van der Waals surface area contributed by atoms with Gasteiger partial charge in [0.25, 0.3) is 0 Å². The van der Waals surface area contributed by atoms with E-state index < -0.39 is 5.97 Å². The number of rotatable bonds is 7. The number of ether oxygens (including phenoxy) is 2. The van der Waals surface area contributed by atoms with Crippen LogP contribution in [-0.2, 0) is 21.8 Å². The largest absolute Gasteiger partial charge is 0.468 e. The summed E-state index contributed by atoms with van der Waals surface area (Å²) in [6.07, 6.45) is 1.50. The van der Waals surface area contributed by atoms with Crippen molar-refractivity contribution >= 4 is 28.8 Å². The van der Waals surface area contributed by atoms with Gasteiger partial charge in [0.2, 0.25) is 0 Å². The lowest BCUT2D eigenvalue weighted by Crippen LogP contribution is -2.06. The maximum atomic E-state index is 11.7. The van der Waals surface area contributed by atoms with Crippen molar-refractivity contribution in [2.24, 2.45) is 0 Å². The van der Waals surface area contributed by atoms with Crippen LogP contribution in [-0.4, -0.2) is 36.3 Å². The third-order valence-electron chi connectivity index (χ3n) is 3.62. The van der Waals surface area contributed by atoms with Gasteiger partial charge in [-0.2, -0.15) is 0 Å². The monoisotopic (exact) mass is 346 g/mol. The van der Waals surface area contributed by atoms with E-state index in [-0.39, 0.29) is 0 Å². The zero-order valence-electron chi connectivity index (χ0n) is 13.5. The lowest BCUT2D eigenvalue weighted by atomic mass is 10.3. The van der Waals surface area contributed by atoms with Gasteiger partial charge in [-0.05, 0) is 18.2 Å². The van der Waals surface area contributed by atoms with Gasteiger partial charge >= 0.3 is 5.97 Å². The summed E-state index contributed by atoms with van der Waals surface area (Å²) in [4.78, 5) is 16.4. The Kier molecular flexibility index (Phi) is 5.22. The molecule has 0 aliphatic rings. The minimum absolute atomic E-state index is 0.396. The maximum absolute atomic E-state index is 11.7. The number of carbonyl (C=O) groups is 1. The molecule has 0 atom stereocenters. The van der Waals surface area contributed by atoms with Gasteiger partial charge < -0.3 is 18.5 Å². The second kappa shape index (κ2) is 7.55. The number of hydrogen-bond acceptors (Lipinski definition) is 6. The number of furan rings is 1. The number of methoxy groups -OCH3 is 2. The molecule has 2 aromatic heterocycles. The van der Waals surface area contributed by atoms with E-state index in [0.717, 1.165) is 16.2 Å². The van der Waals surface area contributed by atoms with Crippen LogP contribution >= 0.6 is 11.8 Å². The van der Waals surface area contributed by atoms with Gasteiger partial charge in [0, 0.05) is 13.7 Å². The molecule has 0 bridgehead atoms. The van der Waals surface area contributed by atoms with Crippen molar-refractivity contribution in [1.82, 2.24) is 9.55 Å². The van der Waals surface area contributed by atoms with E-state index in [1.165, 1.54) is 25.1 Å². The third kappa shape index (κ3) is 3.32. The van der Waals surface area contributed by atoms with E-state index in [1.54, 1.807) is 13.2 Å². The molecule has 6 nitrogen and oxygen atoms in total. The number of fused-ring (bicyclic) bond motifs is 1. The number of aromatic nitrogens is 2. The summed E-state index contributed by atoms with van der Waals surface area (Å²) < 4.78 is 17.5. The van der Waals surface area contributed by atoms with Crippen molar-refractivity contribution in [3.63, 3.8) is 0 Å². The van der Waals surface area contributed by atoms with Crippen molar-refractivity contribution in [3.8, 4) is 0 Å². The third-order valence-corrected chi connectivity index (χ3v) is 4.60. The first-order chi connectivity index (χ1) is 11.7. The molecule has 3 aromatic rings. The molecular weight excluding hydrogens is 328 g/mol. The molecule has 0 spiro atoms. The van der Waals surface area contributed by atoms with Crippen molar-refractivity contribution < 1.29 is 18.7 Å². The van der Waals surface area contributed by atoms with Gasteiger partial charge in [-0.1, -0.05) is 23.9 Å². The van der Waals surface area contributed by atoms with E-state index >= 15 is 0 Å². The molecule has 0 saturated carbocycles. The van der Waals surface area contributed by atoms with Gasteiger partial charge in [0.1, 0.15) is 11.3 Å². The Morgan fingerprint density at radius 2 is 2.12 bits per heavy atom. The summed E-state index contributed by atoms with van der Waals surface area (Å²) in [6.45, 7) is 1.31. The van der Waals surface area contributed by atoms with Crippen LogP contribution in [0.15, 0.2) is 46.2 Å². The van der Waals surface area contributed by atoms with E-state index in [9.17, 15) is 4.79 Å². The molecule has 0 saturated heterocycles. The quantitative estimate of drug-likeness (QED) is 0.483. The Morgan fingerprint density at radius 1 is 1.29 bits per heavy atom. The fraction of sp³-hybridized carbons (Fsp3) is 0.294. The van der Waals surface area contributed by atoms with Crippen molar-refractivity contribution in [3.05, 3.63) is 47.9 Å². The molecular formula is C17H18N2O4S. The van der Waals surface area contributed by atoms with Crippen molar-refractivity contribution in [2.75, 3.05) is 20.8 Å². The van der Waals surface area contributed by atoms with Gasteiger partial charge in [0.05, 0.1) is 36.8 Å². The number of benzene rings is 1. The number of thioether (sulfide) groups is 1. The average molecular weight is 346 g/mol. The van der Waals surface area contributed by atoms with Crippen molar-refractivity contribution in [1.29, 1.82) is 0 Å². The van der Waals surface area contributed by atoms with Crippen LogP contribution in [0.25, 0.3) is 11.0 Å². The molecule has 0 amide bonds. The number of hydrogen-bond donors (Lipinski definition) is 0. The highest BCUT2D eigenvalue weighted by Gasteiger charge is 2.17. The zero-order valence-corrected chi connectivity index (χ0v) is 14.3. The predicted octanol–water partition coefficient (Wildman–Crippen LogP) is 3.35. The number of para-hydroxylation sites is 2. The molecule has 0 aliphatic carbocycles. The lowest BCUT2D eigenvalue weighted by molar-refractivity contribution is 0.0598. The summed E-state index contributed by atoms with van der Waals surface area (Å²) in [5, 5.41) is 0.862. The highest BCUT2D eigenvalue weighted by Crippen LogP contribution is 2.28. The summed E-state index contributed by atoms with van der Waals surface area (Å²) >= 11 is 1.52. The van der Waals surface area contributed by atoms with E-state index in [4.69, 9.17) is 13.9 Å². The van der Waals surface area contributed by atoms with Gasteiger partial charge in [-0.15, -0.1) is 0 Å². The Labute approximate surface area is 143 Å². The highest BCUT2D eigenvalue weighted by molar-refractivity contribution is 7.98. The number of nitrogens with zero attached hydrogens (tertiary/aromatic N) is 2. The van der Waals surface area contributed by atoms with Crippen molar-refractivity contribution in [2.45, 2.75) is 17.5 Å². The summed E-state index contributed by atoms with van der Waals surface area (Å²) in [5.41, 5.74) is 2.44. The molecule has 2 heterocycles. The number of esters is 1. The van der Waals surface area contributed by atoms with Crippen LogP contribution < -0.4 is 0 Å². The zero-order chi connectivity index (χ0) is 16.9. The Morgan fingerprint density at radius 3 is 2.92 bits per heavy atom. The molecule has 0 radical (unpaired) electrons. The second-order valence-corrected chi connectivity index (χ2v) is 6.01. The molecule has 3 rings (SSSR count). The first-order valence-corrected chi connectivity index (χ1v) is 8.45. The topological polar surface area (TPSA) is 66.5 Å². The van der Waals surface area contributed by atoms with E-state index in [0.29, 0.717) is 30.2 Å². The molecule has 0 unspecified atom stereocenters. The lowest BCUT2D eigenvalue weighted by Gasteiger charge is -2.08. The standard InChI is InChI=1S/C17H18N2O4S/c1-21-10-8-19-14-6-4-3-5-13(14)18-17(19)24-11-15-12(7-9-23-15)16(20)22-2/h3-7,9H,8,10-11H2,1-2H3. The van der Waals surface area contributed by atoms with Crippen LogP contribution in [0.4, 0.5) is 0 Å². The normalized spacial score (nSPS) is 11.1. The SMILES string of the molecule is COCCn1c(SCc2occc2C(=O)OC)nc2ccccc21. The minimum atomic E-state index is -0.396. The maximum Gasteiger partial charge on any atom is 0.341 e. The predicted molar refractivity (Wildman–Crippen MR) is 91.2 cm³/mol. The molecule has 7 heteroatoms. The Bertz CT molecular complexity index is 840. The number of imidazole rings is 1. The summed E-state index contributed by atoms with van der Waals surface area (Å²) in [7, 11) is 3.04. The Hall–Kier alpha value is -2.25. The average Bonchev–Trinajstić information content (AvgIpc) is 3.21. The second-order valence-electron chi connectivity index (χ2n) is 5.07. The fourth-order valence-corrected chi connectivity index (χ4v) is 3.43. The van der Waals surface area contributed by atoms with Crippen LogP contribution in [0, 0.1) is 0 Å². The molecule has 24 heavy (non-hydrogen) atoms. The Balaban J connectivity index is 1.85. The van der Waals surface area contributed by atoms with Crippen LogP contribution in [0.1, 0.15) is 16.1 Å². The molecule has 126 valence electrons. The summed E-state index contributed by atoms with van der Waals surface area (Å²) in [5.74, 6) is 0.678. The van der Waals surface area contributed by atoms with E-state index in [2.05, 4.69) is 9.55 Å². The first-order valence-electron chi connectivity index (χ1n) is 7.46. The molecule has 0 fully saturated rings. The van der Waals surface area contributed by atoms with Crippen LogP contribution in [0.3, 0.4) is 0 Å². The number of carbonyl (C=O) groups excluding carboxylic acids is 1. The molecule has 1 aromatic carbocycles. The minimum Gasteiger partial charge on any atom is -0.468 e. The van der Waals surface area contributed by atoms with Gasteiger partial charge in [-0.25, -0.2) is 9.78 Å².